The summed E-state index contributed by atoms with van der Waals surface area (Å²) >= 11 is 0. The van der Waals surface area contributed by atoms with E-state index in [1.807, 2.05) is 13.0 Å². The zero-order valence-corrected chi connectivity index (χ0v) is 12.7. The molecule has 7 nitrogen and oxygen atoms in total. The molecule has 0 spiro atoms. The molecule has 122 valence electrons. The van der Waals surface area contributed by atoms with Crippen LogP contribution in [0.4, 0.5) is 0 Å². The number of aldehydes is 1. The van der Waals surface area contributed by atoms with Crippen LogP contribution >= 0.6 is 0 Å². The molecule has 0 saturated heterocycles. The van der Waals surface area contributed by atoms with E-state index < -0.39 is 5.91 Å². The van der Waals surface area contributed by atoms with Crippen molar-refractivity contribution in [3.63, 3.8) is 0 Å². The second kappa shape index (κ2) is 10.8. The molecule has 1 aliphatic carbocycles. The second-order valence-corrected chi connectivity index (χ2v) is 4.56. The maximum absolute atomic E-state index is 12.1. The average Bonchev–Trinajstić information content (AvgIpc) is 2.53. The molecule has 1 aliphatic rings. The van der Waals surface area contributed by atoms with Crippen LogP contribution < -0.4 is 0 Å². The molecule has 0 N–H and O–H groups in total. The summed E-state index contributed by atoms with van der Waals surface area (Å²) in [5.74, 6) is -0.474. The van der Waals surface area contributed by atoms with Gasteiger partial charge in [0.2, 0.25) is 6.41 Å². The van der Waals surface area contributed by atoms with Gasteiger partial charge >= 0.3 is 0 Å². The molecule has 22 heavy (non-hydrogen) atoms. The van der Waals surface area contributed by atoms with Gasteiger partial charge in [-0.25, -0.2) is 0 Å². The van der Waals surface area contributed by atoms with Gasteiger partial charge in [-0.3, -0.25) is 14.4 Å². The standard InChI is InChI=1S/C15H21NO6/c1-13-4-2-3-5-14(13)15(19)16(12-18)22-11-10-21-9-8-20-7-6-17/h3,5-6,12H,2,4,7-11H2,1H3. The lowest BCUT2D eigenvalue weighted by Crippen LogP contribution is -2.32. The van der Waals surface area contributed by atoms with Crippen molar-refractivity contribution in [2.24, 2.45) is 0 Å². The molecule has 0 aromatic carbocycles. The summed E-state index contributed by atoms with van der Waals surface area (Å²) in [7, 11) is 0. The van der Waals surface area contributed by atoms with Gasteiger partial charge in [0, 0.05) is 5.57 Å². The van der Waals surface area contributed by atoms with Crippen molar-refractivity contribution in [1.82, 2.24) is 5.06 Å². The summed E-state index contributed by atoms with van der Waals surface area (Å²) in [6, 6.07) is 0. The molecule has 0 aromatic rings. The number of hydrogen-bond donors (Lipinski definition) is 0. The van der Waals surface area contributed by atoms with Gasteiger partial charge in [0.05, 0.1) is 26.4 Å². The predicted octanol–water partition coefficient (Wildman–Crippen LogP) is 0.802. The van der Waals surface area contributed by atoms with Crippen LogP contribution in [0.25, 0.3) is 0 Å². The van der Waals surface area contributed by atoms with Crippen molar-refractivity contribution in [1.29, 1.82) is 0 Å². The van der Waals surface area contributed by atoms with Gasteiger partial charge in [-0.05, 0) is 19.8 Å². The first kappa shape index (κ1) is 18.2. The van der Waals surface area contributed by atoms with Crippen molar-refractivity contribution in [2.45, 2.75) is 19.8 Å². The fourth-order valence-corrected chi connectivity index (χ4v) is 1.83. The summed E-state index contributed by atoms with van der Waals surface area (Å²) in [5.41, 5.74) is 1.42. The van der Waals surface area contributed by atoms with Crippen molar-refractivity contribution >= 4 is 18.6 Å². The fourth-order valence-electron chi connectivity index (χ4n) is 1.83. The van der Waals surface area contributed by atoms with Crippen LogP contribution in [-0.2, 0) is 28.7 Å². The number of hydroxylamine groups is 2. The van der Waals surface area contributed by atoms with Crippen molar-refractivity contribution in [3.05, 3.63) is 23.3 Å². The van der Waals surface area contributed by atoms with E-state index in [4.69, 9.17) is 14.3 Å². The Morgan fingerprint density at radius 1 is 1.23 bits per heavy atom. The van der Waals surface area contributed by atoms with Gasteiger partial charge in [-0.1, -0.05) is 17.7 Å². The topological polar surface area (TPSA) is 82.1 Å². The van der Waals surface area contributed by atoms with E-state index in [0.29, 0.717) is 36.5 Å². The third-order valence-electron chi connectivity index (χ3n) is 2.97. The lowest BCUT2D eigenvalue weighted by Gasteiger charge is -2.18. The number of hydrogen-bond acceptors (Lipinski definition) is 6. The first-order valence-electron chi connectivity index (χ1n) is 7.08. The number of ether oxygens (including phenoxy) is 2. The Labute approximate surface area is 129 Å². The maximum Gasteiger partial charge on any atom is 0.284 e. The number of amides is 2. The van der Waals surface area contributed by atoms with Crippen LogP contribution in [0.2, 0.25) is 0 Å². The third-order valence-corrected chi connectivity index (χ3v) is 2.97. The minimum Gasteiger partial charge on any atom is -0.377 e. The van der Waals surface area contributed by atoms with Crippen LogP contribution in [-0.4, -0.2) is 56.7 Å². The molecule has 0 fully saturated rings. The van der Waals surface area contributed by atoms with Gasteiger partial charge in [0.1, 0.15) is 12.9 Å². The second-order valence-electron chi connectivity index (χ2n) is 4.56. The quantitative estimate of drug-likeness (QED) is 0.319. The van der Waals surface area contributed by atoms with E-state index in [9.17, 15) is 14.4 Å². The summed E-state index contributed by atoms with van der Waals surface area (Å²) in [5, 5.41) is 0.681. The number of carbonyl (C=O) groups is 3. The van der Waals surface area contributed by atoms with Gasteiger partial charge in [-0.2, -0.15) is 5.06 Å². The number of imide groups is 1. The SMILES string of the molecule is CC1=C(C(=O)N(C=O)OCCOCCOCC=O)C=CCC1. The largest absolute Gasteiger partial charge is 0.377 e. The maximum atomic E-state index is 12.1. The normalized spacial score (nSPS) is 14.0. The fraction of sp³-hybridized carbons (Fsp3) is 0.533. The molecule has 0 radical (unpaired) electrons. The van der Waals surface area contributed by atoms with Gasteiger partial charge in [-0.15, -0.1) is 0 Å². The van der Waals surface area contributed by atoms with Gasteiger partial charge in [0.15, 0.2) is 0 Å². The highest BCUT2D eigenvalue weighted by atomic mass is 16.7. The van der Waals surface area contributed by atoms with Crippen LogP contribution in [0, 0.1) is 0 Å². The molecular weight excluding hydrogens is 290 g/mol. The van der Waals surface area contributed by atoms with Crippen molar-refractivity contribution < 1.29 is 28.7 Å². The molecule has 0 unspecified atom stereocenters. The van der Waals surface area contributed by atoms with E-state index in [-0.39, 0.29) is 19.8 Å². The van der Waals surface area contributed by atoms with Crippen LogP contribution in [0.3, 0.4) is 0 Å². The molecule has 0 aliphatic heterocycles. The summed E-state index contributed by atoms with van der Waals surface area (Å²) in [6.07, 6.45) is 6.30. The van der Waals surface area contributed by atoms with Crippen LogP contribution in [0.15, 0.2) is 23.3 Å². The Bertz CT molecular complexity index is 443. The Morgan fingerprint density at radius 3 is 2.64 bits per heavy atom. The van der Waals surface area contributed by atoms with Gasteiger partial charge in [0.25, 0.3) is 5.91 Å². The zero-order valence-electron chi connectivity index (χ0n) is 12.7. The van der Waals surface area contributed by atoms with Crippen LogP contribution in [0.1, 0.15) is 19.8 Å². The predicted molar refractivity (Wildman–Crippen MR) is 77.6 cm³/mol. The average molecular weight is 311 g/mol. The molecule has 7 heteroatoms. The summed E-state index contributed by atoms with van der Waals surface area (Å²) in [6.45, 7) is 2.77. The molecule has 1 rings (SSSR count). The third kappa shape index (κ3) is 6.30. The lowest BCUT2D eigenvalue weighted by molar-refractivity contribution is -0.186. The first-order chi connectivity index (χ1) is 10.7. The highest BCUT2D eigenvalue weighted by molar-refractivity contribution is 6.01. The number of allylic oxidation sites excluding steroid dienone is 2. The monoisotopic (exact) mass is 311 g/mol. The molecule has 0 aromatic heterocycles. The minimum absolute atomic E-state index is 0.0370. The van der Waals surface area contributed by atoms with E-state index in [0.717, 1.165) is 18.4 Å². The van der Waals surface area contributed by atoms with E-state index >= 15 is 0 Å². The summed E-state index contributed by atoms with van der Waals surface area (Å²) in [4.78, 5) is 38.2. The number of rotatable bonds is 11. The Hall–Kier alpha value is -1.83. The van der Waals surface area contributed by atoms with Crippen molar-refractivity contribution in [2.75, 3.05) is 33.0 Å². The Kier molecular flexibility index (Phi) is 8.97. The van der Waals surface area contributed by atoms with Crippen LogP contribution in [0.5, 0.6) is 0 Å². The number of carbonyl (C=O) groups excluding carboxylic acids is 3. The molecular formula is C15H21NO6. The Morgan fingerprint density at radius 2 is 1.95 bits per heavy atom. The first-order valence-corrected chi connectivity index (χ1v) is 7.08. The minimum atomic E-state index is -0.474. The van der Waals surface area contributed by atoms with Gasteiger partial charge < -0.3 is 14.3 Å². The Balaban J connectivity index is 2.27. The zero-order chi connectivity index (χ0) is 16.2. The highest BCUT2D eigenvalue weighted by Crippen LogP contribution is 2.19. The molecule has 0 bridgehead atoms. The summed E-state index contributed by atoms with van der Waals surface area (Å²) < 4.78 is 10.1. The molecule has 0 saturated carbocycles. The van der Waals surface area contributed by atoms with Crippen molar-refractivity contribution in [3.8, 4) is 0 Å². The lowest BCUT2D eigenvalue weighted by atomic mass is 9.98. The molecule has 0 atom stereocenters. The highest BCUT2D eigenvalue weighted by Gasteiger charge is 2.20. The van der Waals surface area contributed by atoms with E-state index in [1.54, 1.807) is 6.08 Å². The van der Waals surface area contributed by atoms with E-state index in [1.165, 1.54) is 0 Å². The molecule has 2 amide bonds. The number of nitrogens with zero attached hydrogens (tertiary/aromatic N) is 1. The smallest absolute Gasteiger partial charge is 0.284 e. The van der Waals surface area contributed by atoms with E-state index in [2.05, 4.69) is 0 Å². The molecule has 0 heterocycles.